The first-order chi connectivity index (χ1) is 14.8. The van der Waals surface area contributed by atoms with Crippen molar-refractivity contribution in [3.05, 3.63) is 71.3 Å². The van der Waals surface area contributed by atoms with Crippen molar-refractivity contribution in [2.24, 2.45) is 5.92 Å². The van der Waals surface area contributed by atoms with Crippen molar-refractivity contribution in [1.82, 2.24) is 15.5 Å². The molecule has 0 aliphatic rings. The summed E-state index contributed by atoms with van der Waals surface area (Å²) in [5, 5.41) is 13.3. The minimum absolute atomic E-state index is 0.275. The molecule has 1 atom stereocenters. The van der Waals surface area contributed by atoms with Crippen LogP contribution in [0.15, 0.2) is 52.9 Å². The van der Waals surface area contributed by atoms with E-state index in [-0.39, 0.29) is 11.0 Å². The Morgan fingerprint density at radius 3 is 2.35 bits per heavy atom. The number of halogens is 2. The predicted molar refractivity (Wildman–Crippen MR) is 117 cm³/mol. The van der Waals surface area contributed by atoms with Gasteiger partial charge in [-0.25, -0.2) is 8.78 Å². The van der Waals surface area contributed by atoms with Crippen LogP contribution < -0.4 is 10.6 Å². The summed E-state index contributed by atoms with van der Waals surface area (Å²) in [6, 6.07) is 12.0. The highest BCUT2D eigenvalue weighted by molar-refractivity contribution is 8.00. The standard InChI is InChI=1S/C21H20F2N4O2S2/c1-12(2)17(24-18(28)16-14(22)9-6-10-15(16)23)19(29)25-20-26-27-21(31-20)30-11-13-7-4-3-5-8-13/h3-10,12,17H,11H2,1-2H3,(H,24,28)(H,25,26,29)/t17-/m0/s1. The Bertz CT molecular complexity index is 1040. The number of amides is 2. The summed E-state index contributed by atoms with van der Waals surface area (Å²) < 4.78 is 28.4. The third-order valence-electron chi connectivity index (χ3n) is 4.27. The number of thioether (sulfide) groups is 1. The van der Waals surface area contributed by atoms with Crippen molar-refractivity contribution in [3.63, 3.8) is 0 Å². The van der Waals surface area contributed by atoms with Crippen molar-refractivity contribution < 1.29 is 18.4 Å². The number of anilines is 1. The fraction of sp³-hybridized carbons (Fsp3) is 0.238. The van der Waals surface area contributed by atoms with E-state index < -0.39 is 35.1 Å². The Morgan fingerprint density at radius 2 is 1.71 bits per heavy atom. The van der Waals surface area contributed by atoms with Crippen molar-refractivity contribution in [3.8, 4) is 0 Å². The van der Waals surface area contributed by atoms with Gasteiger partial charge in [0.1, 0.15) is 23.2 Å². The number of rotatable bonds is 8. The highest BCUT2D eigenvalue weighted by Crippen LogP contribution is 2.28. The summed E-state index contributed by atoms with van der Waals surface area (Å²) in [4.78, 5) is 25.1. The first kappa shape index (κ1) is 22.8. The Kier molecular flexibility index (Phi) is 7.69. The zero-order chi connectivity index (χ0) is 22.4. The molecule has 10 heteroatoms. The van der Waals surface area contributed by atoms with E-state index in [1.54, 1.807) is 13.8 Å². The largest absolute Gasteiger partial charge is 0.340 e. The smallest absolute Gasteiger partial charge is 0.257 e. The van der Waals surface area contributed by atoms with Crippen LogP contribution in [-0.2, 0) is 10.5 Å². The number of nitrogens with zero attached hydrogens (tertiary/aromatic N) is 2. The molecule has 1 heterocycles. The summed E-state index contributed by atoms with van der Waals surface area (Å²) >= 11 is 2.69. The second-order valence-corrected chi connectivity index (χ2v) is 9.13. The van der Waals surface area contributed by atoms with Gasteiger partial charge in [0, 0.05) is 5.75 Å². The molecule has 0 saturated heterocycles. The van der Waals surface area contributed by atoms with Gasteiger partial charge in [0.05, 0.1) is 0 Å². The second-order valence-electron chi connectivity index (χ2n) is 6.93. The van der Waals surface area contributed by atoms with E-state index >= 15 is 0 Å². The molecule has 3 aromatic rings. The highest BCUT2D eigenvalue weighted by atomic mass is 32.2. The lowest BCUT2D eigenvalue weighted by Gasteiger charge is -2.21. The molecule has 2 amide bonds. The van der Waals surface area contributed by atoms with Crippen LogP contribution in [0.1, 0.15) is 29.8 Å². The molecule has 1 aromatic heterocycles. The molecule has 162 valence electrons. The summed E-state index contributed by atoms with van der Waals surface area (Å²) in [5.41, 5.74) is 0.410. The van der Waals surface area contributed by atoms with E-state index in [4.69, 9.17) is 0 Å². The Balaban J connectivity index is 1.63. The summed E-state index contributed by atoms with van der Waals surface area (Å²) in [5.74, 6) is -3.16. The highest BCUT2D eigenvalue weighted by Gasteiger charge is 2.28. The Morgan fingerprint density at radius 1 is 1.03 bits per heavy atom. The third kappa shape index (κ3) is 6.08. The Labute approximate surface area is 186 Å². The minimum atomic E-state index is -1.02. The summed E-state index contributed by atoms with van der Waals surface area (Å²) in [6.07, 6.45) is 0. The molecule has 3 rings (SSSR count). The molecule has 0 aliphatic carbocycles. The molecule has 0 fully saturated rings. The van der Waals surface area contributed by atoms with Gasteiger partial charge in [0.15, 0.2) is 4.34 Å². The summed E-state index contributed by atoms with van der Waals surface area (Å²) in [6.45, 7) is 3.42. The molecule has 0 saturated carbocycles. The zero-order valence-electron chi connectivity index (χ0n) is 16.8. The second kappa shape index (κ2) is 10.5. The number of carbonyl (C=O) groups is 2. The van der Waals surface area contributed by atoms with E-state index in [0.29, 0.717) is 10.1 Å². The molecule has 6 nitrogen and oxygen atoms in total. The van der Waals surface area contributed by atoms with Crippen LogP contribution >= 0.6 is 23.1 Å². The fourth-order valence-corrected chi connectivity index (χ4v) is 4.39. The molecule has 0 spiro atoms. The van der Waals surface area contributed by atoms with Gasteiger partial charge in [-0.15, -0.1) is 10.2 Å². The number of nitrogens with one attached hydrogen (secondary N) is 2. The quantitative estimate of drug-likeness (QED) is 0.380. The molecule has 2 aromatic carbocycles. The number of aromatic nitrogens is 2. The van der Waals surface area contributed by atoms with Crippen LogP contribution in [-0.4, -0.2) is 28.1 Å². The molecule has 0 unspecified atom stereocenters. The van der Waals surface area contributed by atoms with Gasteiger partial charge >= 0.3 is 0 Å². The number of hydrogen-bond donors (Lipinski definition) is 2. The van der Waals surface area contributed by atoms with Crippen LogP contribution in [0, 0.1) is 17.6 Å². The molecule has 0 aliphatic heterocycles. The van der Waals surface area contributed by atoms with Crippen LogP contribution in [0.25, 0.3) is 0 Å². The van der Waals surface area contributed by atoms with Gasteiger partial charge in [-0.2, -0.15) is 0 Å². The first-order valence-corrected chi connectivity index (χ1v) is 11.2. The van der Waals surface area contributed by atoms with Gasteiger partial charge in [-0.05, 0) is 23.6 Å². The maximum absolute atomic E-state index is 13.9. The lowest BCUT2D eigenvalue weighted by atomic mass is 10.0. The SMILES string of the molecule is CC(C)[C@H](NC(=O)c1c(F)cccc1F)C(=O)Nc1nnc(SCc2ccccc2)s1. The van der Waals surface area contributed by atoms with Crippen molar-refractivity contribution in [1.29, 1.82) is 0 Å². The van der Waals surface area contributed by atoms with Gasteiger partial charge in [0.25, 0.3) is 5.91 Å². The lowest BCUT2D eigenvalue weighted by Crippen LogP contribution is -2.47. The van der Waals surface area contributed by atoms with Crippen molar-refractivity contribution in [2.75, 3.05) is 5.32 Å². The monoisotopic (exact) mass is 462 g/mol. The van der Waals surface area contributed by atoms with Crippen molar-refractivity contribution >= 4 is 40.0 Å². The zero-order valence-corrected chi connectivity index (χ0v) is 18.4. The number of benzene rings is 2. The first-order valence-electron chi connectivity index (χ1n) is 9.41. The predicted octanol–water partition coefficient (Wildman–Crippen LogP) is 4.50. The molecular formula is C21H20F2N4O2S2. The van der Waals surface area contributed by atoms with E-state index in [1.807, 2.05) is 30.3 Å². The third-order valence-corrected chi connectivity index (χ3v) is 6.31. The minimum Gasteiger partial charge on any atom is -0.340 e. The van der Waals surface area contributed by atoms with Crippen molar-refractivity contribution in [2.45, 2.75) is 30.0 Å². The molecule has 0 bridgehead atoms. The van der Waals surface area contributed by atoms with E-state index in [0.717, 1.165) is 23.8 Å². The lowest BCUT2D eigenvalue weighted by molar-refractivity contribution is -0.118. The van der Waals surface area contributed by atoms with Gasteiger partial charge < -0.3 is 5.32 Å². The normalized spacial score (nSPS) is 11.9. The average Bonchev–Trinajstić information content (AvgIpc) is 3.18. The van der Waals surface area contributed by atoms with Crippen LogP contribution in [0.2, 0.25) is 0 Å². The van der Waals surface area contributed by atoms with E-state index in [1.165, 1.54) is 23.1 Å². The fourth-order valence-electron chi connectivity index (χ4n) is 2.68. The number of carbonyl (C=O) groups excluding carboxylic acids is 2. The van der Waals surface area contributed by atoms with Crippen LogP contribution in [0.5, 0.6) is 0 Å². The topological polar surface area (TPSA) is 84.0 Å². The average molecular weight is 463 g/mol. The molecular weight excluding hydrogens is 442 g/mol. The number of hydrogen-bond acceptors (Lipinski definition) is 6. The maximum Gasteiger partial charge on any atom is 0.257 e. The van der Waals surface area contributed by atoms with Gasteiger partial charge in [0.2, 0.25) is 11.0 Å². The van der Waals surface area contributed by atoms with Crippen LogP contribution in [0.4, 0.5) is 13.9 Å². The molecule has 31 heavy (non-hydrogen) atoms. The maximum atomic E-state index is 13.9. The Hall–Kier alpha value is -2.85. The van der Waals surface area contributed by atoms with E-state index in [9.17, 15) is 18.4 Å². The molecule has 0 radical (unpaired) electrons. The van der Waals surface area contributed by atoms with Gasteiger partial charge in [-0.3, -0.25) is 14.9 Å². The van der Waals surface area contributed by atoms with Gasteiger partial charge in [-0.1, -0.05) is 73.3 Å². The summed E-state index contributed by atoms with van der Waals surface area (Å²) in [7, 11) is 0. The molecule has 2 N–H and O–H groups in total. The van der Waals surface area contributed by atoms with E-state index in [2.05, 4.69) is 20.8 Å². The van der Waals surface area contributed by atoms with Crippen LogP contribution in [0.3, 0.4) is 0 Å².